The van der Waals surface area contributed by atoms with Crippen LogP contribution in [-0.2, 0) is 14.7 Å². The lowest BCUT2D eigenvalue weighted by molar-refractivity contribution is 0.00578. The van der Waals surface area contributed by atoms with E-state index in [9.17, 15) is 0 Å². The van der Waals surface area contributed by atoms with Crippen LogP contribution in [0.1, 0.15) is 56.9 Å². The Balaban J connectivity index is 0.000000597. The van der Waals surface area contributed by atoms with Gasteiger partial charge in [-0.15, -0.1) is 6.58 Å². The fourth-order valence-electron chi connectivity index (χ4n) is 7.97. The fourth-order valence-corrected chi connectivity index (χ4v) is 7.97. The van der Waals surface area contributed by atoms with Crippen LogP contribution in [0.3, 0.4) is 0 Å². The van der Waals surface area contributed by atoms with Crippen molar-refractivity contribution in [1.82, 2.24) is 4.57 Å². The number of para-hydroxylation sites is 1. The first-order valence-corrected chi connectivity index (χ1v) is 18.7. The number of aromatic nitrogens is 1. The molecule has 0 unspecified atom stereocenters. The molecule has 9 rings (SSSR count). The monoisotopic (exact) mass is 705 g/mol. The van der Waals surface area contributed by atoms with Gasteiger partial charge in [0.2, 0.25) is 0 Å². The lowest BCUT2D eigenvalue weighted by Gasteiger charge is -2.34. The zero-order chi connectivity index (χ0) is 38.1. The highest BCUT2D eigenvalue weighted by molar-refractivity contribution is 6.62. The molecule has 0 atom stereocenters. The van der Waals surface area contributed by atoms with Gasteiger partial charge in [0.1, 0.15) is 0 Å². The van der Waals surface area contributed by atoms with Crippen molar-refractivity contribution in [1.29, 1.82) is 0 Å². The number of nitrogens with zero attached hydrogens (tertiary/aromatic N) is 1. The molecule has 1 aliphatic carbocycles. The number of hydrogen-bond donors (Lipinski definition) is 0. The van der Waals surface area contributed by atoms with Crippen LogP contribution in [0.2, 0.25) is 0 Å². The zero-order valence-electron chi connectivity index (χ0n) is 32.1. The molecular formula is C50H48BNO2. The summed E-state index contributed by atoms with van der Waals surface area (Å²) in [5.74, 6) is 0. The highest BCUT2D eigenvalue weighted by atomic mass is 16.7. The van der Waals surface area contributed by atoms with E-state index >= 15 is 0 Å². The molecule has 2 heterocycles. The third-order valence-electron chi connectivity index (χ3n) is 11.1. The molecule has 0 saturated carbocycles. The Morgan fingerprint density at radius 1 is 0.537 bits per heavy atom. The Morgan fingerprint density at radius 2 is 1.06 bits per heavy atom. The maximum absolute atomic E-state index is 6.46. The van der Waals surface area contributed by atoms with E-state index in [2.05, 4.69) is 198 Å². The summed E-state index contributed by atoms with van der Waals surface area (Å²) >= 11 is 0. The second-order valence-corrected chi connectivity index (χ2v) is 14.9. The van der Waals surface area contributed by atoms with E-state index in [4.69, 9.17) is 9.31 Å². The first-order chi connectivity index (χ1) is 26.1. The van der Waals surface area contributed by atoms with Gasteiger partial charge in [0.15, 0.2) is 0 Å². The molecule has 1 aliphatic heterocycles. The van der Waals surface area contributed by atoms with Crippen LogP contribution in [0.25, 0.3) is 38.6 Å². The van der Waals surface area contributed by atoms with E-state index in [1.54, 1.807) is 18.2 Å². The first-order valence-electron chi connectivity index (χ1n) is 18.7. The summed E-state index contributed by atoms with van der Waals surface area (Å²) in [6, 6.07) is 53.3. The smallest absolute Gasteiger partial charge is 0.399 e. The second-order valence-electron chi connectivity index (χ2n) is 14.9. The molecule has 1 fully saturated rings. The molecule has 6 aromatic carbocycles. The summed E-state index contributed by atoms with van der Waals surface area (Å²) in [5.41, 5.74) is 11.0. The molecule has 7 aromatic rings. The van der Waals surface area contributed by atoms with E-state index in [1.165, 1.54) is 49.7 Å². The number of fused-ring (bicyclic) bond motifs is 6. The minimum atomic E-state index is -0.451. The van der Waals surface area contributed by atoms with Crippen LogP contribution in [0, 0.1) is 0 Å². The molecule has 0 spiro atoms. The van der Waals surface area contributed by atoms with E-state index < -0.39 is 23.7 Å². The molecule has 0 N–H and O–H groups in total. The molecule has 1 aromatic heterocycles. The fraction of sp³-hybridized carbons (Fsp3) is 0.160. The van der Waals surface area contributed by atoms with Crippen LogP contribution in [0.15, 0.2) is 184 Å². The summed E-state index contributed by atoms with van der Waals surface area (Å²) in [5, 5.41) is 2.40. The molecular weight excluding hydrogens is 657 g/mol. The van der Waals surface area contributed by atoms with Crippen molar-refractivity contribution in [3.8, 4) is 16.8 Å². The topological polar surface area (TPSA) is 23.4 Å². The molecule has 2 aliphatic rings. The van der Waals surface area contributed by atoms with Gasteiger partial charge in [-0.25, -0.2) is 0 Å². The normalized spacial score (nSPS) is 15.6. The van der Waals surface area contributed by atoms with Gasteiger partial charge in [-0.2, -0.15) is 0 Å². The van der Waals surface area contributed by atoms with Crippen molar-refractivity contribution in [3.63, 3.8) is 0 Å². The predicted octanol–water partition coefficient (Wildman–Crippen LogP) is 12.0. The zero-order valence-corrected chi connectivity index (χ0v) is 32.1. The van der Waals surface area contributed by atoms with Crippen molar-refractivity contribution in [3.05, 3.63) is 206 Å². The van der Waals surface area contributed by atoms with Crippen LogP contribution in [0.4, 0.5) is 0 Å². The molecule has 0 radical (unpaired) electrons. The molecule has 0 bridgehead atoms. The Morgan fingerprint density at radius 3 is 1.67 bits per heavy atom. The predicted molar refractivity (Wildman–Crippen MR) is 230 cm³/mol. The SMILES string of the molecule is C=CC.C=CC=C.CC1(C)OB(c2ccc3c(c2)c2ccccc2n3-c2ccc3c(c2)C(c2ccccc2)(c2ccccc2)c2ccccc2-3)OC1(C)C. The van der Waals surface area contributed by atoms with Gasteiger partial charge in [0, 0.05) is 16.5 Å². The molecule has 54 heavy (non-hydrogen) atoms. The molecule has 0 amide bonds. The lowest BCUT2D eigenvalue weighted by atomic mass is 9.67. The van der Waals surface area contributed by atoms with Crippen molar-refractivity contribution < 1.29 is 9.31 Å². The van der Waals surface area contributed by atoms with E-state index in [1.807, 2.05) is 6.92 Å². The van der Waals surface area contributed by atoms with Crippen LogP contribution in [-0.4, -0.2) is 22.9 Å². The maximum atomic E-state index is 6.46. The lowest BCUT2D eigenvalue weighted by Crippen LogP contribution is -2.41. The Bertz CT molecular complexity index is 2410. The van der Waals surface area contributed by atoms with Crippen molar-refractivity contribution in [2.45, 2.75) is 51.2 Å². The number of benzene rings is 6. The molecule has 1 saturated heterocycles. The average Bonchev–Trinajstić information content (AvgIpc) is 3.77. The molecule has 3 nitrogen and oxygen atoms in total. The van der Waals surface area contributed by atoms with Crippen LogP contribution < -0.4 is 5.46 Å². The minimum Gasteiger partial charge on any atom is -0.399 e. The van der Waals surface area contributed by atoms with Crippen molar-refractivity contribution in [2.75, 3.05) is 0 Å². The number of rotatable bonds is 5. The van der Waals surface area contributed by atoms with Gasteiger partial charge in [-0.05, 0) is 97.7 Å². The number of hydrogen-bond acceptors (Lipinski definition) is 2. The van der Waals surface area contributed by atoms with Crippen LogP contribution in [0.5, 0.6) is 0 Å². The largest absolute Gasteiger partial charge is 0.494 e. The Kier molecular flexibility index (Phi) is 9.93. The minimum absolute atomic E-state index is 0.396. The van der Waals surface area contributed by atoms with Crippen molar-refractivity contribution >= 4 is 34.4 Å². The highest BCUT2D eigenvalue weighted by Gasteiger charge is 2.52. The van der Waals surface area contributed by atoms with Gasteiger partial charge >= 0.3 is 7.12 Å². The van der Waals surface area contributed by atoms with E-state index in [-0.39, 0.29) is 0 Å². The Labute approximate surface area is 321 Å². The summed E-state index contributed by atoms with van der Waals surface area (Å²) in [6.07, 6.45) is 5.03. The third kappa shape index (κ3) is 5.96. The quantitative estimate of drug-likeness (QED) is 0.101. The van der Waals surface area contributed by atoms with Gasteiger partial charge in [-0.3, -0.25) is 0 Å². The molecule has 4 heteroatoms. The van der Waals surface area contributed by atoms with Gasteiger partial charge < -0.3 is 13.9 Å². The summed E-state index contributed by atoms with van der Waals surface area (Å²) in [4.78, 5) is 0. The van der Waals surface area contributed by atoms with Crippen LogP contribution >= 0.6 is 0 Å². The summed E-state index contributed by atoms with van der Waals surface area (Å²) in [7, 11) is -0.414. The summed E-state index contributed by atoms with van der Waals surface area (Å²) < 4.78 is 15.3. The van der Waals surface area contributed by atoms with E-state index in [0.29, 0.717) is 0 Å². The van der Waals surface area contributed by atoms with Gasteiger partial charge in [-0.1, -0.05) is 153 Å². The maximum Gasteiger partial charge on any atom is 0.494 e. The van der Waals surface area contributed by atoms with Gasteiger partial charge in [0.25, 0.3) is 0 Å². The molecule has 268 valence electrons. The van der Waals surface area contributed by atoms with Gasteiger partial charge in [0.05, 0.1) is 27.7 Å². The van der Waals surface area contributed by atoms with Crippen molar-refractivity contribution in [2.24, 2.45) is 0 Å². The highest BCUT2D eigenvalue weighted by Crippen LogP contribution is 2.56. The van der Waals surface area contributed by atoms with E-state index in [0.717, 1.165) is 16.7 Å². The second kappa shape index (κ2) is 14.6. The number of allylic oxidation sites excluding steroid dienone is 3. The third-order valence-corrected chi connectivity index (χ3v) is 11.1. The Hall–Kier alpha value is -5.68. The summed E-state index contributed by atoms with van der Waals surface area (Å²) in [6.45, 7) is 20.4. The standard InChI is InChI=1S/C43H36BNO2.C4H6.C3H6/c1-41(2)42(3,4)47-44(46-41)31-23-26-40-36(27-31)35-20-12-14-22-39(35)45(40)32-24-25-34-33-19-11-13-21-37(33)43(38(34)28-32,29-15-7-5-8-16-29)30-17-9-6-10-18-30;1-3-4-2;1-3-2/h5-28H,1-4H3;3-4H,1-2H2;3H,1H2,2H3. The first kappa shape index (κ1) is 36.7. The average molecular weight is 706 g/mol.